The Labute approximate surface area is 274 Å². The van der Waals surface area contributed by atoms with Gasteiger partial charge in [0.2, 0.25) is 0 Å². The Kier molecular flexibility index (Phi) is 13.4. The molecular formula is C35H44F4N2O4S. The first kappa shape index (κ1) is 38.7. The van der Waals surface area contributed by atoms with E-state index in [1.54, 1.807) is 51.2 Å². The van der Waals surface area contributed by atoms with Crippen molar-refractivity contribution in [3.8, 4) is 11.1 Å². The number of benzene rings is 2. The molecule has 0 aliphatic rings. The summed E-state index contributed by atoms with van der Waals surface area (Å²) >= 11 is 0. The van der Waals surface area contributed by atoms with Crippen molar-refractivity contribution in [1.29, 1.82) is 0 Å². The molecule has 0 saturated heterocycles. The van der Waals surface area contributed by atoms with Crippen LogP contribution in [0.2, 0.25) is 0 Å². The zero-order chi connectivity index (χ0) is 33.8. The number of carbonyl (C=O) groups is 2. The van der Waals surface area contributed by atoms with Crippen molar-refractivity contribution in [3.63, 3.8) is 0 Å². The van der Waals surface area contributed by atoms with Crippen molar-refractivity contribution in [1.82, 2.24) is 9.47 Å². The molecule has 2 aromatic carbocycles. The summed E-state index contributed by atoms with van der Waals surface area (Å²) in [5, 5.41) is 9.76. The number of aliphatic carboxylic acids is 1. The highest BCUT2D eigenvalue weighted by molar-refractivity contribution is 7.59. The number of carboxylic acids is 1. The second kappa shape index (κ2) is 15.9. The zero-order valence-electron chi connectivity index (χ0n) is 27.4. The van der Waals surface area contributed by atoms with E-state index < -0.39 is 59.7 Å². The molecule has 1 unspecified atom stereocenters. The molecule has 1 aromatic heterocycles. The first-order valence-corrected chi connectivity index (χ1v) is 15.0. The molecule has 11 heteroatoms. The number of pyridine rings is 1. The monoisotopic (exact) mass is 664 g/mol. The number of carboxylic acid groups (broad SMARTS) is 1. The highest BCUT2D eigenvalue weighted by atomic mass is 32.1. The topological polar surface area (TPSA) is 79.6 Å². The summed E-state index contributed by atoms with van der Waals surface area (Å²) in [5.41, 5.74) is 0.711. The molecule has 0 aliphatic heterocycles. The number of halogens is 4. The molecule has 0 spiro atoms. The van der Waals surface area contributed by atoms with Gasteiger partial charge in [0.15, 0.2) is 5.78 Å². The Bertz CT molecular complexity index is 1600. The third kappa shape index (κ3) is 9.54. The second-order valence-electron chi connectivity index (χ2n) is 12.6. The molecule has 3 aromatic rings. The average molecular weight is 665 g/mol. The molecule has 0 fully saturated rings. The molecule has 0 bridgehead atoms. The van der Waals surface area contributed by atoms with Crippen molar-refractivity contribution in [3.05, 3.63) is 92.1 Å². The van der Waals surface area contributed by atoms with Crippen LogP contribution in [0.4, 0.5) is 17.6 Å². The van der Waals surface area contributed by atoms with Gasteiger partial charge in [-0.15, -0.1) is 0 Å². The number of ketones is 1. The zero-order valence-corrected chi connectivity index (χ0v) is 28.4. The normalized spacial score (nSPS) is 13.1. The van der Waals surface area contributed by atoms with Crippen molar-refractivity contribution < 1.29 is 32.3 Å². The first-order valence-electron chi connectivity index (χ1n) is 15.0. The van der Waals surface area contributed by atoms with Crippen LogP contribution in [0.5, 0.6) is 0 Å². The van der Waals surface area contributed by atoms with E-state index in [4.69, 9.17) is 0 Å². The number of aromatic nitrogens is 1. The Morgan fingerprint density at radius 3 is 2.11 bits per heavy atom. The Hall–Kier alpha value is -3.44. The van der Waals surface area contributed by atoms with Crippen LogP contribution < -0.4 is 5.56 Å². The standard InChI is InChI=1S/C35H42F4N2O4.H2S/c1-20(2)13-29(41-19-24(11-12-40(6)7)14-23(5)34(41)45)30(42)17-25(18-31(43)44)27-15-26(16-28(33(27)36)35(37,38)39)32-21(3)9-8-10-22(32)4;/h8-10,14-16,19-20,25,29H,11-13,17-18H2,1-7H3,(H,43,44);1H2/t25-,29?;/m0./s1. The maximum atomic E-state index is 15.8. The number of hydrogen-bond donors (Lipinski definition) is 1. The number of aryl methyl sites for hydroxylation is 3. The average Bonchev–Trinajstić information content (AvgIpc) is 2.91. The minimum atomic E-state index is -5.07. The lowest BCUT2D eigenvalue weighted by atomic mass is 9.83. The summed E-state index contributed by atoms with van der Waals surface area (Å²) in [4.78, 5) is 41.3. The van der Waals surface area contributed by atoms with Gasteiger partial charge in [-0.2, -0.15) is 26.7 Å². The molecular weight excluding hydrogens is 620 g/mol. The van der Waals surface area contributed by atoms with Crippen LogP contribution in [0, 0.1) is 32.5 Å². The van der Waals surface area contributed by atoms with Crippen LogP contribution in [0.1, 0.15) is 78.5 Å². The van der Waals surface area contributed by atoms with Gasteiger partial charge in [-0.05, 0) is 105 Å². The summed E-state index contributed by atoms with van der Waals surface area (Å²) in [6.07, 6.45) is -3.95. The molecule has 46 heavy (non-hydrogen) atoms. The number of Topliss-reactive ketones (excluding diaryl/α,β-unsaturated/α-hetero) is 1. The number of likely N-dealkylation sites (N-methyl/N-ethyl adjacent to an activating group) is 1. The van der Waals surface area contributed by atoms with E-state index in [0.29, 0.717) is 35.2 Å². The largest absolute Gasteiger partial charge is 0.481 e. The third-order valence-electron chi connectivity index (χ3n) is 8.01. The summed E-state index contributed by atoms with van der Waals surface area (Å²) in [6, 6.07) is 7.91. The van der Waals surface area contributed by atoms with Gasteiger partial charge in [0.1, 0.15) is 5.82 Å². The molecule has 252 valence electrons. The van der Waals surface area contributed by atoms with Gasteiger partial charge in [-0.3, -0.25) is 14.4 Å². The van der Waals surface area contributed by atoms with Crippen LogP contribution in [-0.2, 0) is 22.2 Å². The first-order chi connectivity index (χ1) is 20.9. The van der Waals surface area contributed by atoms with Gasteiger partial charge < -0.3 is 14.6 Å². The maximum absolute atomic E-state index is 15.8. The highest BCUT2D eigenvalue weighted by Crippen LogP contribution is 2.41. The van der Waals surface area contributed by atoms with E-state index in [0.717, 1.165) is 11.6 Å². The van der Waals surface area contributed by atoms with Crippen LogP contribution in [0.25, 0.3) is 11.1 Å². The van der Waals surface area contributed by atoms with E-state index in [2.05, 4.69) is 0 Å². The molecule has 1 N–H and O–H groups in total. The lowest BCUT2D eigenvalue weighted by molar-refractivity contribution is -0.140. The Morgan fingerprint density at radius 2 is 1.59 bits per heavy atom. The minimum Gasteiger partial charge on any atom is -0.481 e. The van der Waals surface area contributed by atoms with Crippen molar-refractivity contribution in [2.45, 2.75) is 78.4 Å². The minimum absolute atomic E-state index is 0. The number of hydrogen-bond acceptors (Lipinski definition) is 4. The Balaban J connectivity index is 0.00000736. The lowest BCUT2D eigenvalue weighted by Gasteiger charge is -2.26. The molecule has 3 rings (SSSR count). The smallest absolute Gasteiger partial charge is 0.419 e. The van der Waals surface area contributed by atoms with Crippen molar-refractivity contribution >= 4 is 25.2 Å². The fourth-order valence-electron chi connectivity index (χ4n) is 5.83. The van der Waals surface area contributed by atoms with E-state index in [9.17, 15) is 32.7 Å². The van der Waals surface area contributed by atoms with E-state index in [1.165, 1.54) is 10.6 Å². The molecule has 0 saturated carbocycles. The molecule has 6 nitrogen and oxygen atoms in total. The predicted molar refractivity (Wildman–Crippen MR) is 177 cm³/mol. The SMILES string of the molecule is Cc1cccc(C)c1-c1cc([C@H](CC(=O)O)CC(=O)C(CC(C)C)n2cc(CCN(C)C)cc(C)c2=O)c(F)c(C(F)(F)F)c1.S. The highest BCUT2D eigenvalue weighted by Gasteiger charge is 2.38. The fourth-order valence-corrected chi connectivity index (χ4v) is 5.83. The molecule has 0 aliphatic carbocycles. The van der Waals surface area contributed by atoms with Crippen LogP contribution in [0.15, 0.2) is 47.4 Å². The molecule has 2 atom stereocenters. The van der Waals surface area contributed by atoms with Crippen molar-refractivity contribution in [2.75, 3.05) is 20.6 Å². The number of nitrogens with zero attached hydrogens (tertiary/aromatic N) is 2. The van der Waals surface area contributed by atoms with E-state index >= 15 is 4.39 Å². The maximum Gasteiger partial charge on any atom is 0.419 e. The van der Waals surface area contributed by atoms with Gasteiger partial charge in [-0.25, -0.2) is 4.39 Å². The van der Waals surface area contributed by atoms with Gasteiger partial charge in [0.25, 0.3) is 5.56 Å². The summed E-state index contributed by atoms with van der Waals surface area (Å²) in [7, 11) is 3.82. The van der Waals surface area contributed by atoms with Crippen LogP contribution in [0.3, 0.4) is 0 Å². The van der Waals surface area contributed by atoms with Crippen LogP contribution in [-0.4, -0.2) is 47.0 Å². The number of alkyl halides is 3. The molecule has 0 radical (unpaired) electrons. The lowest BCUT2D eigenvalue weighted by Crippen LogP contribution is -2.33. The summed E-state index contributed by atoms with van der Waals surface area (Å²) in [6.45, 7) is 9.52. The molecule has 1 heterocycles. The summed E-state index contributed by atoms with van der Waals surface area (Å²) in [5.74, 6) is -5.01. The van der Waals surface area contributed by atoms with Gasteiger partial charge >= 0.3 is 12.1 Å². The van der Waals surface area contributed by atoms with Crippen LogP contribution >= 0.6 is 13.5 Å². The van der Waals surface area contributed by atoms with E-state index in [-0.39, 0.29) is 37.0 Å². The van der Waals surface area contributed by atoms with Gasteiger partial charge in [-0.1, -0.05) is 32.0 Å². The van der Waals surface area contributed by atoms with Crippen molar-refractivity contribution in [2.24, 2.45) is 5.92 Å². The quantitative estimate of drug-likeness (QED) is 0.190. The van der Waals surface area contributed by atoms with Gasteiger partial charge in [0, 0.05) is 30.6 Å². The fraction of sp³-hybridized carbons (Fsp3) is 0.457. The number of rotatable bonds is 13. The Morgan fingerprint density at radius 1 is 0.978 bits per heavy atom. The number of carbonyl (C=O) groups excluding carboxylic acids is 1. The molecule has 0 amide bonds. The van der Waals surface area contributed by atoms with E-state index in [1.807, 2.05) is 32.8 Å². The summed E-state index contributed by atoms with van der Waals surface area (Å²) < 4.78 is 59.7. The predicted octanol–water partition coefficient (Wildman–Crippen LogP) is 7.62. The van der Waals surface area contributed by atoms with Gasteiger partial charge in [0.05, 0.1) is 18.0 Å². The third-order valence-corrected chi connectivity index (χ3v) is 8.01. The second-order valence-corrected chi connectivity index (χ2v) is 12.6.